The van der Waals surface area contributed by atoms with Gasteiger partial charge in [0.15, 0.2) is 11.4 Å². The number of carboxylic acids is 1. The second kappa shape index (κ2) is 6.14. The molecule has 3 aromatic rings. The van der Waals surface area contributed by atoms with Gasteiger partial charge >= 0.3 is 5.97 Å². The second-order valence-corrected chi connectivity index (χ2v) is 6.09. The maximum atomic E-state index is 12.7. The largest absolute Gasteiger partial charge is 0.481 e. The number of furan rings is 1. The van der Waals surface area contributed by atoms with Gasteiger partial charge in [0.2, 0.25) is 11.8 Å². The molecule has 0 spiro atoms. The number of nitrogen functional groups attached to an aromatic ring is 1. The summed E-state index contributed by atoms with van der Waals surface area (Å²) in [6.45, 7) is 0.736. The molecule has 0 aliphatic carbocycles. The van der Waals surface area contributed by atoms with Gasteiger partial charge in [0, 0.05) is 19.2 Å². The molecule has 1 fully saturated rings. The number of hydrogen-bond donors (Lipinski definition) is 2. The normalized spacial score (nSPS) is 15.5. The fourth-order valence-corrected chi connectivity index (χ4v) is 3.02. The number of rotatable bonds is 3. The third-order valence-corrected chi connectivity index (χ3v) is 4.44. The first-order valence-corrected chi connectivity index (χ1v) is 8.12. The zero-order chi connectivity index (χ0) is 18.3. The first kappa shape index (κ1) is 16.1. The summed E-state index contributed by atoms with van der Waals surface area (Å²) in [5.41, 5.74) is 6.46. The van der Waals surface area contributed by atoms with Crippen molar-refractivity contribution in [3.63, 3.8) is 0 Å². The first-order valence-electron chi connectivity index (χ1n) is 8.12. The van der Waals surface area contributed by atoms with Crippen LogP contribution in [0.3, 0.4) is 0 Å². The van der Waals surface area contributed by atoms with E-state index in [4.69, 9.17) is 15.3 Å². The Labute approximate surface area is 147 Å². The number of piperidine rings is 1. The molecule has 1 aliphatic rings. The van der Waals surface area contributed by atoms with Crippen LogP contribution in [0.1, 0.15) is 23.3 Å². The summed E-state index contributed by atoms with van der Waals surface area (Å²) in [4.78, 5) is 33.8. The standard InChI is InChI=1S/C16H16N6O4/c17-16-18-10(14(23)21-5-3-9(4-6-21)15(24)25)8-12-19-13(20-22(12)16)11-2-1-7-26-11/h1-2,7-9H,3-6H2,(H2,17,18)(H,24,25). The molecule has 3 N–H and O–H groups in total. The third-order valence-electron chi connectivity index (χ3n) is 4.44. The van der Waals surface area contributed by atoms with Crippen molar-refractivity contribution in [1.29, 1.82) is 0 Å². The average molecular weight is 356 g/mol. The van der Waals surface area contributed by atoms with Crippen molar-refractivity contribution in [1.82, 2.24) is 24.5 Å². The fraction of sp³-hybridized carbons (Fsp3) is 0.312. The third kappa shape index (κ3) is 2.75. The molecular weight excluding hydrogens is 340 g/mol. The molecule has 10 heteroatoms. The van der Waals surface area contributed by atoms with Crippen molar-refractivity contribution in [3.8, 4) is 11.6 Å². The van der Waals surface area contributed by atoms with Crippen molar-refractivity contribution >= 4 is 23.5 Å². The number of carbonyl (C=O) groups excluding carboxylic acids is 1. The summed E-state index contributed by atoms with van der Waals surface area (Å²) >= 11 is 0. The van der Waals surface area contributed by atoms with Gasteiger partial charge in [-0.2, -0.15) is 4.52 Å². The molecule has 1 saturated heterocycles. The van der Waals surface area contributed by atoms with Crippen molar-refractivity contribution in [2.75, 3.05) is 18.8 Å². The summed E-state index contributed by atoms with van der Waals surface area (Å²) in [6, 6.07) is 4.96. The van der Waals surface area contributed by atoms with Gasteiger partial charge in [-0.05, 0) is 25.0 Å². The smallest absolute Gasteiger partial charge is 0.306 e. The van der Waals surface area contributed by atoms with Crippen LogP contribution in [0.25, 0.3) is 17.2 Å². The van der Waals surface area contributed by atoms with Crippen LogP contribution in [-0.2, 0) is 4.79 Å². The molecule has 0 saturated carbocycles. The SMILES string of the molecule is Nc1nc(C(=O)N2CCC(C(=O)O)CC2)cc2nc(-c3ccco3)nn12. The maximum Gasteiger partial charge on any atom is 0.306 e. The highest BCUT2D eigenvalue weighted by atomic mass is 16.4. The highest BCUT2D eigenvalue weighted by Gasteiger charge is 2.28. The highest BCUT2D eigenvalue weighted by Crippen LogP contribution is 2.21. The van der Waals surface area contributed by atoms with E-state index in [0.29, 0.717) is 43.2 Å². The molecule has 26 heavy (non-hydrogen) atoms. The zero-order valence-electron chi connectivity index (χ0n) is 13.7. The number of hydrogen-bond acceptors (Lipinski definition) is 7. The summed E-state index contributed by atoms with van der Waals surface area (Å²) in [7, 11) is 0. The van der Waals surface area contributed by atoms with Gasteiger partial charge in [-0.1, -0.05) is 0 Å². The lowest BCUT2D eigenvalue weighted by Crippen LogP contribution is -2.40. The Morgan fingerprint density at radius 1 is 1.27 bits per heavy atom. The molecule has 0 aromatic carbocycles. The number of nitrogens with zero attached hydrogens (tertiary/aromatic N) is 5. The Kier molecular flexibility index (Phi) is 3.79. The summed E-state index contributed by atoms with van der Waals surface area (Å²) in [6.07, 6.45) is 2.36. The number of aliphatic carboxylic acids is 1. The lowest BCUT2D eigenvalue weighted by atomic mass is 9.97. The van der Waals surface area contributed by atoms with Gasteiger partial charge in [0.1, 0.15) is 5.69 Å². The predicted molar refractivity (Wildman–Crippen MR) is 89.2 cm³/mol. The molecule has 0 radical (unpaired) electrons. The average Bonchev–Trinajstić information content (AvgIpc) is 3.30. The number of carbonyl (C=O) groups is 2. The minimum Gasteiger partial charge on any atom is -0.481 e. The molecule has 1 aliphatic heterocycles. The monoisotopic (exact) mass is 356 g/mol. The van der Waals surface area contributed by atoms with Gasteiger partial charge in [0.25, 0.3) is 5.91 Å². The lowest BCUT2D eigenvalue weighted by Gasteiger charge is -2.29. The van der Waals surface area contributed by atoms with Gasteiger partial charge in [0.05, 0.1) is 12.2 Å². The van der Waals surface area contributed by atoms with Gasteiger partial charge in [-0.15, -0.1) is 5.10 Å². The molecule has 0 unspecified atom stereocenters. The van der Waals surface area contributed by atoms with Gasteiger partial charge in [-0.3, -0.25) is 9.59 Å². The van der Waals surface area contributed by atoms with Crippen LogP contribution in [0.4, 0.5) is 5.95 Å². The molecular formula is C16H16N6O4. The Morgan fingerprint density at radius 2 is 2.04 bits per heavy atom. The van der Waals surface area contributed by atoms with E-state index in [1.807, 2.05) is 0 Å². The Morgan fingerprint density at radius 3 is 2.69 bits per heavy atom. The maximum absolute atomic E-state index is 12.7. The zero-order valence-corrected chi connectivity index (χ0v) is 13.7. The minimum absolute atomic E-state index is 0.0385. The van der Waals surface area contributed by atoms with Crippen molar-refractivity contribution in [2.45, 2.75) is 12.8 Å². The molecule has 10 nitrogen and oxygen atoms in total. The van der Waals surface area contributed by atoms with Crippen molar-refractivity contribution in [2.24, 2.45) is 5.92 Å². The number of aromatic nitrogens is 4. The van der Waals surface area contributed by atoms with Crippen LogP contribution in [0.5, 0.6) is 0 Å². The second-order valence-electron chi connectivity index (χ2n) is 6.09. The van der Waals surface area contributed by atoms with Crippen LogP contribution in [0.15, 0.2) is 28.9 Å². The Bertz CT molecular complexity index is 972. The number of amides is 1. The van der Waals surface area contributed by atoms with E-state index in [9.17, 15) is 9.59 Å². The van der Waals surface area contributed by atoms with E-state index in [0.717, 1.165) is 0 Å². The number of likely N-dealkylation sites (tertiary alicyclic amines) is 1. The predicted octanol–water partition coefficient (Wildman–Crippen LogP) is 0.903. The van der Waals surface area contributed by atoms with E-state index in [1.165, 1.54) is 16.8 Å². The molecule has 4 heterocycles. The molecule has 0 atom stereocenters. The summed E-state index contributed by atoms with van der Waals surface area (Å²) in [5, 5.41) is 13.3. The van der Waals surface area contributed by atoms with Crippen LogP contribution < -0.4 is 5.73 Å². The van der Waals surface area contributed by atoms with Crippen molar-refractivity contribution in [3.05, 3.63) is 30.2 Å². The number of carboxylic acid groups (broad SMARTS) is 1. The lowest BCUT2D eigenvalue weighted by molar-refractivity contribution is -0.143. The molecule has 4 rings (SSSR count). The molecule has 3 aromatic heterocycles. The van der Waals surface area contributed by atoms with Crippen LogP contribution in [0.2, 0.25) is 0 Å². The van der Waals surface area contributed by atoms with E-state index in [-0.39, 0.29) is 17.5 Å². The Hall–Kier alpha value is -3.43. The highest BCUT2D eigenvalue weighted by molar-refractivity contribution is 5.93. The van der Waals surface area contributed by atoms with Crippen LogP contribution in [-0.4, -0.2) is 54.6 Å². The topological polar surface area (TPSA) is 140 Å². The van der Waals surface area contributed by atoms with Crippen LogP contribution >= 0.6 is 0 Å². The number of nitrogens with two attached hydrogens (primary N) is 1. The Balaban J connectivity index is 1.61. The first-order chi connectivity index (χ1) is 12.5. The minimum atomic E-state index is -0.824. The van der Waals surface area contributed by atoms with E-state index >= 15 is 0 Å². The molecule has 1 amide bonds. The van der Waals surface area contributed by atoms with Crippen molar-refractivity contribution < 1.29 is 19.1 Å². The summed E-state index contributed by atoms with van der Waals surface area (Å²) < 4.78 is 6.61. The molecule has 0 bridgehead atoms. The van der Waals surface area contributed by atoms with Crippen LogP contribution in [0, 0.1) is 5.92 Å². The number of fused-ring (bicyclic) bond motifs is 1. The van der Waals surface area contributed by atoms with E-state index in [2.05, 4.69) is 15.1 Å². The van der Waals surface area contributed by atoms with Gasteiger partial charge < -0.3 is 20.2 Å². The summed E-state index contributed by atoms with van der Waals surface area (Å²) in [5.74, 6) is -0.670. The van der Waals surface area contributed by atoms with E-state index < -0.39 is 11.9 Å². The number of anilines is 1. The van der Waals surface area contributed by atoms with Gasteiger partial charge in [-0.25, -0.2) is 9.97 Å². The quantitative estimate of drug-likeness (QED) is 0.705. The molecule has 134 valence electrons. The fourth-order valence-electron chi connectivity index (χ4n) is 3.02. The van der Waals surface area contributed by atoms with E-state index in [1.54, 1.807) is 17.0 Å².